The minimum Gasteiger partial charge on any atom is -0.395 e. The number of hydrogen-bond donors (Lipinski definition) is 3. The number of aliphatic hydroxyl groups excluding tert-OH is 1. The fourth-order valence-electron chi connectivity index (χ4n) is 2.31. The van der Waals surface area contributed by atoms with Crippen molar-refractivity contribution in [1.82, 2.24) is 15.1 Å². The van der Waals surface area contributed by atoms with E-state index < -0.39 is 0 Å². The number of thiophene rings is 1. The quantitative estimate of drug-likeness (QED) is 0.617. The van der Waals surface area contributed by atoms with Crippen molar-refractivity contribution in [2.45, 2.75) is 13.1 Å². The first kappa shape index (κ1) is 15.5. The highest BCUT2D eigenvalue weighted by Crippen LogP contribution is 2.26. The monoisotopic (exact) mass is 330 g/mol. The van der Waals surface area contributed by atoms with Gasteiger partial charge in [-0.05, 0) is 22.4 Å². The second kappa shape index (κ2) is 7.26. The number of carbonyl (C=O) groups is 1. The standard InChI is InChI=1S/C16H18N4O2S/c21-6-5-17-16(22)10-20-9-13(8-19-20)18-7-12-11-23-15-4-2-1-3-14(12)15/h1-4,8-9,11,18,21H,5-7,10H2,(H,17,22). The van der Waals surface area contributed by atoms with Crippen LogP contribution in [-0.4, -0.2) is 33.9 Å². The Balaban J connectivity index is 1.58. The molecule has 3 aromatic rings. The highest BCUT2D eigenvalue weighted by atomic mass is 32.1. The second-order valence-corrected chi connectivity index (χ2v) is 6.02. The number of aromatic nitrogens is 2. The summed E-state index contributed by atoms with van der Waals surface area (Å²) in [5.41, 5.74) is 2.12. The van der Waals surface area contributed by atoms with Crippen molar-refractivity contribution in [3.8, 4) is 0 Å². The number of amides is 1. The smallest absolute Gasteiger partial charge is 0.241 e. The zero-order valence-corrected chi connectivity index (χ0v) is 13.3. The van der Waals surface area contributed by atoms with E-state index in [9.17, 15) is 4.79 Å². The lowest BCUT2D eigenvalue weighted by Gasteiger charge is -2.03. The first-order valence-corrected chi connectivity index (χ1v) is 8.23. The van der Waals surface area contributed by atoms with Crippen LogP contribution >= 0.6 is 11.3 Å². The van der Waals surface area contributed by atoms with Crippen LogP contribution in [0.1, 0.15) is 5.56 Å². The number of carbonyl (C=O) groups excluding carboxylic acids is 1. The molecular formula is C16H18N4O2S. The van der Waals surface area contributed by atoms with Crippen molar-refractivity contribution in [3.05, 3.63) is 47.6 Å². The normalized spacial score (nSPS) is 10.8. The summed E-state index contributed by atoms with van der Waals surface area (Å²) in [5.74, 6) is -0.169. The molecule has 0 unspecified atom stereocenters. The van der Waals surface area contributed by atoms with Crippen LogP contribution in [0.3, 0.4) is 0 Å². The van der Waals surface area contributed by atoms with Gasteiger partial charge in [0, 0.05) is 24.0 Å². The maximum atomic E-state index is 11.6. The molecule has 23 heavy (non-hydrogen) atoms. The van der Waals surface area contributed by atoms with Gasteiger partial charge in [0.25, 0.3) is 0 Å². The zero-order chi connectivity index (χ0) is 16.1. The third-order valence-corrected chi connectivity index (χ3v) is 4.43. The van der Waals surface area contributed by atoms with Crippen LogP contribution in [0, 0.1) is 0 Å². The van der Waals surface area contributed by atoms with Gasteiger partial charge < -0.3 is 15.7 Å². The van der Waals surface area contributed by atoms with E-state index in [2.05, 4.69) is 33.2 Å². The first-order valence-electron chi connectivity index (χ1n) is 7.35. The number of nitrogens with zero attached hydrogens (tertiary/aromatic N) is 2. The maximum absolute atomic E-state index is 11.6. The summed E-state index contributed by atoms with van der Waals surface area (Å²) < 4.78 is 2.85. The zero-order valence-electron chi connectivity index (χ0n) is 12.5. The predicted octanol–water partition coefficient (Wildman–Crippen LogP) is 1.82. The molecule has 1 aromatic carbocycles. The van der Waals surface area contributed by atoms with E-state index in [1.807, 2.05) is 12.1 Å². The molecule has 2 heterocycles. The molecule has 0 aliphatic heterocycles. The second-order valence-electron chi connectivity index (χ2n) is 5.11. The number of benzene rings is 1. The number of hydrogen-bond acceptors (Lipinski definition) is 5. The Hall–Kier alpha value is -2.38. The van der Waals surface area contributed by atoms with Crippen molar-refractivity contribution in [1.29, 1.82) is 0 Å². The molecule has 3 rings (SSSR count). The topological polar surface area (TPSA) is 79.2 Å². The van der Waals surface area contributed by atoms with Crippen LogP contribution in [0.2, 0.25) is 0 Å². The minimum atomic E-state index is -0.169. The Kier molecular flexibility index (Phi) is 4.89. The Labute approximate surface area is 137 Å². The fourth-order valence-corrected chi connectivity index (χ4v) is 3.27. The lowest BCUT2D eigenvalue weighted by atomic mass is 10.2. The van der Waals surface area contributed by atoms with Gasteiger partial charge in [0.2, 0.25) is 5.91 Å². The average Bonchev–Trinajstić information content (AvgIpc) is 3.17. The van der Waals surface area contributed by atoms with Gasteiger partial charge >= 0.3 is 0 Å². The Morgan fingerprint density at radius 1 is 1.35 bits per heavy atom. The van der Waals surface area contributed by atoms with Crippen LogP contribution in [0.4, 0.5) is 5.69 Å². The van der Waals surface area contributed by atoms with E-state index in [1.165, 1.54) is 15.6 Å². The summed E-state index contributed by atoms with van der Waals surface area (Å²) in [6, 6.07) is 8.33. The highest BCUT2D eigenvalue weighted by molar-refractivity contribution is 7.17. The molecule has 3 N–H and O–H groups in total. The van der Waals surface area contributed by atoms with Crippen molar-refractivity contribution in [2.24, 2.45) is 0 Å². The van der Waals surface area contributed by atoms with Crippen LogP contribution in [-0.2, 0) is 17.9 Å². The predicted molar refractivity (Wildman–Crippen MR) is 91.5 cm³/mol. The molecule has 0 aliphatic rings. The molecule has 0 bridgehead atoms. The molecule has 0 radical (unpaired) electrons. The van der Waals surface area contributed by atoms with E-state index in [0.29, 0.717) is 6.54 Å². The van der Waals surface area contributed by atoms with E-state index >= 15 is 0 Å². The van der Waals surface area contributed by atoms with Crippen molar-refractivity contribution in [3.63, 3.8) is 0 Å². The molecular weight excluding hydrogens is 312 g/mol. The molecule has 6 nitrogen and oxygen atoms in total. The van der Waals surface area contributed by atoms with Crippen molar-refractivity contribution < 1.29 is 9.90 Å². The van der Waals surface area contributed by atoms with E-state index in [0.717, 1.165) is 5.69 Å². The minimum absolute atomic E-state index is 0.0632. The van der Waals surface area contributed by atoms with E-state index in [1.54, 1.807) is 28.4 Å². The van der Waals surface area contributed by atoms with Gasteiger partial charge in [-0.3, -0.25) is 9.48 Å². The lowest BCUT2D eigenvalue weighted by Crippen LogP contribution is -2.30. The summed E-state index contributed by atoms with van der Waals surface area (Å²) in [4.78, 5) is 11.6. The Bertz CT molecular complexity index is 796. The largest absolute Gasteiger partial charge is 0.395 e. The summed E-state index contributed by atoms with van der Waals surface area (Å²) in [7, 11) is 0. The van der Waals surface area contributed by atoms with E-state index in [-0.39, 0.29) is 25.6 Å². The molecule has 0 fully saturated rings. The summed E-state index contributed by atoms with van der Waals surface area (Å²) in [5, 5.41) is 22.2. The molecule has 2 aromatic heterocycles. The van der Waals surface area contributed by atoms with Gasteiger partial charge in [0.1, 0.15) is 6.54 Å². The molecule has 0 atom stereocenters. The summed E-state index contributed by atoms with van der Waals surface area (Å²) in [6.07, 6.45) is 3.50. The van der Waals surface area contributed by atoms with Crippen LogP contribution in [0.15, 0.2) is 42.0 Å². The molecule has 0 saturated carbocycles. The van der Waals surface area contributed by atoms with Gasteiger partial charge in [0.15, 0.2) is 0 Å². The number of anilines is 1. The van der Waals surface area contributed by atoms with E-state index in [4.69, 9.17) is 5.11 Å². The summed E-state index contributed by atoms with van der Waals surface area (Å²) in [6.45, 7) is 1.05. The summed E-state index contributed by atoms with van der Waals surface area (Å²) >= 11 is 1.74. The molecule has 1 amide bonds. The number of aliphatic hydroxyl groups is 1. The molecule has 7 heteroatoms. The maximum Gasteiger partial charge on any atom is 0.241 e. The number of nitrogens with one attached hydrogen (secondary N) is 2. The van der Waals surface area contributed by atoms with Gasteiger partial charge in [0.05, 0.1) is 18.5 Å². The Morgan fingerprint density at radius 2 is 2.22 bits per heavy atom. The van der Waals surface area contributed by atoms with Gasteiger partial charge in [-0.1, -0.05) is 18.2 Å². The molecule has 0 spiro atoms. The molecule has 0 saturated heterocycles. The van der Waals surface area contributed by atoms with Crippen LogP contribution in [0.5, 0.6) is 0 Å². The van der Waals surface area contributed by atoms with Crippen LogP contribution < -0.4 is 10.6 Å². The molecule has 120 valence electrons. The lowest BCUT2D eigenvalue weighted by molar-refractivity contribution is -0.122. The first-order chi connectivity index (χ1) is 11.3. The van der Waals surface area contributed by atoms with Crippen molar-refractivity contribution in [2.75, 3.05) is 18.5 Å². The third kappa shape index (κ3) is 3.88. The average molecular weight is 330 g/mol. The van der Waals surface area contributed by atoms with Crippen molar-refractivity contribution >= 4 is 33.0 Å². The number of rotatable bonds is 7. The SMILES string of the molecule is O=C(Cn1cc(NCc2csc3ccccc23)cn1)NCCO. The molecule has 0 aliphatic carbocycles. The highest BCUT2D eigenvalue weighted by Gasteiger charge is 2.06. The van der Waals surface area contributed by atoms with Gasteiger partial charge in [-0.25, -0.2) is 0 Å². The van der Waals surface area contributed by atoms with Gasteiger partial charge in [-0.15, -0.1) is 11.3 Å². The fraction of sp³-hybridized carbons (Fsp3) is 0.250. The number of fused-ring (bicyclic) bond motifs is 1. The third-order valence-electron chi connectivity index (χ3n) is 3.42. The van der Waals surface area contributed by atoms with Crippen LogP contribution in [0.25, 0.3) is 10.1 Å². The van der Waals surface area contributed by atoms with Gasteiger partial charge in [-0.2, -0.15) is 5.10 Å². The Morgan fingerprint density at radius 3 is 3.09 bits per heavy atom.